The van der Waals surface area contributed by atoms with E-state index in [0.717, 1.165) is 24.3 Å². The summed E-state index contributed by atoms with van der Waals surface area (Å²) < 4.78 is 64.9. The number of benzene rings is 1. The molecule has 0 fully saturated rings. The highest BCUT2D eigenvalue weighted by atomic mass is 127. The van der Waals surface area contributed by atoms with Crippen LogP contribution in [0.2, 0.25) is 0 Å². The molecule has 0 saturated carbocycles. The first-order valence-electron chi connectivity index (χ1n) is 7.12. The molecule has 0 atom stereocenters. The number of rotatable bonds is 7. The first-order chi connectivity index (χ1) is 11.0. The van der Waals surface area contributed by atoms with Gasteiger partial charge in [0.05, 0.1) is 11.4 Å². The Balaban J connectivity index is 0.00000576. The Hall–Kier alpha value is -1.24. The third-order valence-corrected chi connectivity index (χ3v) is 4.24. The molecule has 0 amide bonds. The number of ether oxygens (including phenoxy) is 1. The summed E-state index contributed by atoms with van der Waals surface area (Å²) in [5.74, 6) is 0.905. The lowest BCUT2D eigenvalue weighted by Gasteiger charge is -2.10. The molecule has 1 aromatic carbocycles. The van der Waals surface area contributed by atoms with Crippen LogP contribution in [0, 0.1) is 5.92 Å². The van der Waals surface area contributed by atoms with Crippen molar-refractivity contribution in [3.63, 3.8) is 0 Å². The number of guanidine groups is 1. The predicted molar refractivity (Wildman–Crippen MR) is 99.9 cm³/mol. The summed E-state index contributed by atoms with van der Waals surface area (Å²) in [6.45, 7) is 5.12. The number of nitrogens with one attached hydrogen (secondary N) is 1. The van der Waals surface area contributed by atoms with E-state index < -0.39 is 20.2 Å². The number of hydrogen-bond donors (Lipinski definition) is 2. The third-order valence-electron chi connectivity index (χ3n) is 2.74. The molecule has 144 valence electrons. The van der Waals surface area contributed by atoms with Crippen LogP contribution in [0.1, 0.15) is 13.8 Å². The summed E-state index contributed by atoms with van der Waals surface area (Å²) in [6, 6.07) is 4.03. The summed E-state index contributed by atoms with van der Waals surface area (Å²) >= 11 is 0. The molecule has 6 nitrogen and oxygen atoms in total. The standard InChI is InChI=1S/C14H20F3N3O3S.HI/c1-10(2)9-20-13(18)19-7-8-23-11-3-5-12(6-4-11)24(21,22)14(15,16)17;/h3-6,10H,7-9H2,1-2H3,(H3,18,19,20);1H. The first-order valence-corrected chi connectivity index (χ1v) is 8.60. The molecule has 11 heteroatoms. The smallest absolute Gasteiger partial charge is 0.492 e. The Bertz CT molecular complexity index is 662. The van der Waals surface area contributed by atoms with Crippen LogP contribution in [-0.2, 0) is 9.84 Å². The van der Waals surface area contributed by atoms with Crippen LogP contribution < -0.4 is 15.8 Å². The zero-order chi connectivity index (χ0) is 18.4. The van der Waals surface area contributed by atoms with Gasteiger partial charge in [-0.25, -0.2) is 8.42 Å². The highest BCUT2D eigenvalue weighted by molar-refractivity contribution is 14.0. The molecule has 25 heavy (non-hydrogen) atoms. The second-order valence-electron chi connectivity index (χ2n) is 5.32. The number of nitrogens with two attached hydrogens (primary N) is 1. The van der Waals surface area contributed by atoms with Gasteiger partial charge in [0.1, 0.15) is 12.4 Å². The van der Waals surface area contributed by atoms with Crippen LogP contribution in [0.4, 0.5) is 13.2 Å². The van der Waals surface area contributed by atoms with E-state index in [1.165, 1.54) is 0 Å². The van der Waals surface area contributed by atoms with Crippen LogP contribution in [0.5, 0.6) is 5.75 Å². The van der Waals surface area contributed by atoms with Gasteiger partial charge in [-0.05, 0) is 30.2 Å². The quantitative estimate of drug-likeness (QED) is 0.263. The van der Waals surface area contributed by atoms with Gasteiger partial charge in [-0.3, -0.25) is 4.99 Å². The van der Waals surface area contributed by atoms with Gasteiger partial charge in [0.25, 0.3) is 9.84 Å². The van der Waals surface area contributed by atoms with Crippen LogP contribution in [0.3, 0.4) is 0 Å². The molecule has 0 saturated heterocycles. The van der Waals surface area contributed by atoms with Crippen molar-refractivity contribution in [1.29, 1.82) is 0 Å². The minimum absolute atomic E-state index is 0. The van der Waals surface area contributed by atoms with Gasteiger partial charge < -0.3 is 15.8 Å². The maximum atomic E-state index is 12.4. The molecule has 0 aliphatic carbocycles. The largest absolute Gasteiger partial charge is 0.501 e. The second-order valence-corrected chi connectivity index (χ2v) is 7.26. The molecule has 0 unspecified atom stereocenters. The summed E-state index contributed by atoms with van der Waals surface area (Å²) in [5, 5.41) is 2.82. The minimum Gasteiger partial charge on any atom is -0.492 e. The summed E-state index contributed by atoms with van der Waals surface area (Å²) in [5.41, 5.74) is 0.293. The van der Waals surface area contributed by atoms with Crippen molar-refractivity contribution < 1.29 is 26.3 Å². The van der Waals surface area contributed by atoms with E-state index in [1.807, 2.05) is 13.8 Å². The van der Waals surface area contributed by atoms with Crippen LogP contribution in [-0.4, -0.2) is 39.6 Å². The third kappa shape index (κ3) is 7.67. The molecule has 0 aliphatic rings. The topological polar surface area (TPSA) is 93.8 Å². The first kappa shape index (κ1) is 23.8. The number of aliphatic imine (C=N–C) groups is 1. The summed E-state index contributed by atoms with van der Waals surface area (Å²) in [6.07, 6.45) is 0. The van der Waals surface area contributed by atoms with Gasteiger partial charge >= 0.3 is 5.51 Å². The van der Waals surface area contributed by atoms with Crippen molar-refractivity contribution in [3.8, 4) is 5.75 Å². The molecule has 0 spiro atoms. The van der Waals surface area contributed by atoms with E-state index in [0.29, 0.717) is 19.0 Å². The summed E-state index contributed by atoms with van der Waals surface area (Å²) in [7, 11) is -5.34. The average molecular weight is 495 g/mol. The number of halogens is 4. The van der Waals surface area contributed by atoms with Crippen molar-refractivity contribution in [2.24, 2.45) is 16.6 Å². The molecule has 0 bridgehead atoms. The zero-order valence-electron chi connectivity index (χ0n) is 13.7. The number of sulfone groups is 1. The van der Waals surface area contributed by atoms with E-state index in [4.69, 9.17) is 10.5 Å². The number of hydrogen-bond acceptors (Lipinski definition) is 4. The maximum Gasteiger partial charge on any atom is 0.501 e. The number of alkyl halides is 3. The van der Waals surface area contributed by atoms with Gasteiger partial charge in [0.2, 0.25) is 0 Å². The van der Waals surface area contributed by atoms with Crippen molar-refractivity contribution in [2.45, 2.75) is 24.3 Å². The van der Waals surface area contributed by atoms with Crippen LogP contribution >= 0.6 is 24.0 Å². The monoisotopic (exact) mass is 495 g/mol. The molecule has 0 radical (unpaired) electrons. The normalized spacial score (nSPS) is 12.6. The molecular weight excluding hydrogens is 474 g/mol. The van der Waals surface area contributed by atoms with Gasteiger partial charge in [-0.2, -0.15) is 13.2 Å². The Morgan fingerprint density at radius 1 is 1.28 bits per heavy atom. The molecular formula is C14H21F3IN3O3S. The van der Waals surface area contributed by atoms with Crippen molar-refractivity contribution in [3.05, 3.63) is 24.3 Å². The molecule has 0 aromatic heterocycles. The van der Waals surface area contributed by atoms with Crippen molar-refractivity contribution in [2.75, 3.05) is 19.7 Å². The highest BCUT2D eigenvalue weighted by Gasteiger charge is 2.46. The molecule has 1 aromatic rings. The lowest BCUT2D eigenvalue weighted by atomic mass is 10.2. The average Bonchev–Trinajstić information content (AvgIpc) is 2.49. The lowest BCUT2D eigenvalue weighted by molar-refractivity contribution is -0.0436. The van der Waals surface area contributed by atoms with Crippen molar-refractivity contribution >= 4 is 39.8 Å². The van der Waals surface area contributed by atoms with E-state index >= 15 is 0 Å². The fraction of sp³-hybridized carbons (Fsp3) is 0.500. The van der Waals surface area contributed by atoms with Crippen molar-refractivity contribution in [1.82, 2.24) is 5.32 Å². The predicted octanol–water partition coefficient (Wildman–Crippen LogP) is 2.54. The van der Waals surface area contributed by atoms with Gasteiger partial charge in [0, 0.05) is 6.54 Å². The van der Waals surface area contributed by atoms with Crippen LogP contribution in [0.15, 0.2) is 34.2 Å². The highest BCUT2D eigenvalue weighted by Crippen LogP contribution is 2.30. The molecule has 0 aliphatic heterocycles. The fourth-order valence-corrected chi connectivity index (χ4v) is 2.30. The fourth-order valence-electron chi connectivity index (χ4n) is 1.53. The second kappa shape index (κ2) is 10.0. The summed E-state index contributed by atoms with van der Waals surface area (Å²) in [4.78, 5) is 3.26. The van der Waals surface area contributed by atoms with Gasteiger partial charge in [0.15, 0.2) is 5.96 Å². The number of nitrogens with zero attached hydrogens (tertiary/aromatic N) is 1. The van der Waals surface area contributed by atoms with Crippen LogP contribution in [0.25, 0.3) is 0 Å². The molecule has 3 N–H and O–H groups in total. The lowest BCUT2D eigenvalue weighted by Crippen LogP contribution is -2.35. The Kier molecular flexibility index (Phi) is 9.54. The van der Waals surface area contributed by atoms with E-state index in [1.54, 1.807) is 0 Å². The molecule has 0 heterocycles. The SMILES string of the molecule is CC(C)CN=C(N)NCCOc1ccc(S(=O)(=O)C(F)(F)F)cc1.I. The van der Waals surface area contributed by atoms with Gasteiger partial charge in [-0.1, -0.05) is 13.8 Å². The Labute approximate surface area is 162 Å². The van der Waals surface area contributed by atoms with E-state index in [2.05, 4.69) is 10.3 Å². The molecule has 1 rings (SSSR count). The van der Waals surface area contributed by atoms with E-state index in [-0.39, 0.29) is 42.3 Å². The van der Waals surface area contributed by atoms with E-state index in [9.17, 15) is 21.6 Å². The Morgan fingerprint density at radius 3 is 2.32 bits per heavy atom. The zero-order valence-corrected chi connectivity index (χ0v) is 16.9. The Morgan fingerprint density at radius 2 is 1.84 bits per heavy atom. The maximum absolute atomic E-state index is 12.4. The minimum atomic E-state index is -5.34. The van der Waals surface area contributed by atoms with Gasteiger partial charge in [-0.15, -0.1) is 24.0 Å².